The van der Waals surface area contributed by atoms with E-state index < -0.39 is 0 Å². The third-order valence-electron chi connectivity index (χ3n) is 5.29. The van der Waals surface area contributed by atoms with Gasteiger partial charge in [0.25, 0.3) is 5.56 Å². The minimum absolute atomic E-state index is 0.341. The Kier molecular flexibility index (Phi) is 4.74. The quantitative estimate of drug-likeness (QED) is 0.671. The standard InChI is InChI=1S/C20H22ClN5O/c1-12-6-8-14(9-7-12)24-20-23-11-13-10-16(15-4-2-3-5-17(15)21)19(27)26(22)18(13)25-20/h2-5,10-12,14H,6-9,22H2,1H3,(H,23,24,25). The van der Waals surface area contributed by atoms with Crippen molar-refractivity contribution in [3.8, 4) is 11.1 Å². The van der Waals surface area contributed by atoms with E-state index in [2.05, 4.69) is 22.2 Å². The van der Waals surface area contributed by atoms with Gasteiger partial charge in [0, 0.05) is 28.2 Å². The Bertz CT molecular complexity index is 1040. The minimum Gasteiger partial charge on any atom is -0.351 e. The fraction of sp³-hybridized carbons (Fsp3) is 0.350. The second kappa shape index (κ2) is 7.19. The van der Waals surface area contributed by atoms with E-state index in [0.717, 1.165) is 23.4 Å². The molecule has 3 N–H and O–H groups in total. The van der Waals surface area contributed by atoms with Crippen LogP contribution in [0.25, 0.3) is 22.2 Å². The molecular weight excluding hydrogens is 362 g/mol. The highest BCUT2D eigenvalue weighted by molar-refractivity contribution is 6.33. The van der Waals surface area contributed by atoms with Gasteiger partial charge in [-0.1, -0.05) is 36.7 Å². The zero-order chi connectivity index (χ0) is 19.0. The van der Waals surface area contributed by atoms with E-state index in [-0.39, 0.29) is 5.56 Å². The summed E-state index contributed by atoms with van der Waals surface area (Å²) in [4.78, 5) is 21.7. The first-order valence-electron chi connectivity index (χ1n) is 9.22. The molecule has 4 rings (SSSR count). The monoisotopic (exact) mass is 383 g/mol. The number of halogens is 1. The fourth-order valence-electron chi connectivity index (χ4n) is 3.65. The molecule has 7 heteroatoms. The van der Waals surface area contributed by atoms with Gasteiger partial charge in [0.05, 0.1) is 5.56 Å². The Morgan fingerprint density at radius 3 is 2.67 bits per heavy atom. The van der Waals surface area contributed by atoms with Crippen molar-refractivity contribution in [2.45, 2.75) is 38.6 Å². The summed E-state index contributed by atoms with van der Waals surface area (Å²) in [6, 6.07) is 9.30. The number of aromatic nitrogens is 3. The van der Waals surface area contributed by atoms with Crippen LogP contribution < -0.4 is 16.7 Å². The van der Waals surface area contributed by atoms with Crippen molar-refractivity contribution in [3.05, 3.63) is 51.9 Å². The first kappa shape index (κ1) is 17.8. The number of benzene rings is 1. The lowest BCUT2D eigenvalue weighted by Gasteiger charge is -2.26. The number of fused-ring (bicyclic) bond motifs is 1. The molecule has 0 amide bonds. The first-order valence-corrected chi connectivity index (χ1v) is 9.60. The molecule has 6 nitrogen and oxygen atoms in total. The van der Waals surface area contributed by atoms with Crippen molar-refractivity contribution < 1.29 is 0 Å². The smallest absolute Gasteiger partial charge is 0.278 e. The van der Waals surface area contributed by atoms with E-state index in [1.807, 2.05) is 12.1 Å². The van der Waals surface area contributed by atoms with Crippen molar-refractivity contribution >= 4 is 28.6 Å². The number of hydrogen-bond donors (Lipinski definition) is 2. The van der Waals surface area contributed by atoms with Gasteiger partial charge in [-0.25, -0.2) is 9.66 Å². The van der Waals surface area contributed by atoms with Crippen LogP contribution in [0.2, 0.25) is 5.02 Å². The van der Waals surface area contributed by atoms with Crippen LogP contribution in [0.1, 0.15) is 32.6 Å². The van der Waals surface area contributed by atoms with Gasteiger partial charge in [-0.3, -0.25) is 4.79 Å². The van der Waals surface area contributed by atoms with Crippen molar-refractivity contribution in [3.63, 3.8) is 0 Å². The molecule has 0 unspecified atom stereocenters. The van der Waals surface area contributed by atoms with E-state index in [4.69, 9.17) is 17.4 Å². The Morgan fingerprint density at radius 1 is 1.19 bits per heavy atom. The number of hydrogen-bond acceptors (Lipinski definition) is 5. The van der Waals surface area contributed by atoms with Crippen molar-refractivity contribution in [2.75, 3.05) is 11.2 Å². The zero-order valence-corrected chi connectivity index (χ0v) is 15.9. The number of nitrogens with one attached hydrogen (secondary N) is 1. The molecule has 0 bridgehead atoms. The first-order chi connectivity index (χ1) is 13.0. The summed E-state index contributed by atoms with van der Waals surface area (Å²) in [5.41, 5.74) is 1.13. The molecule has 0 saturated heterocycles. The highest BCUT2D eigenvalue weighted by Gasteiger charge is 2.19. The molecule has 0 atom stereocenters. The lowest BCUT2D eigenvalue weighted by atomic mass is 9.87. The average molecular weight is 384 g/mol. The normalized spacial score (nSPS) is 19.9. The molecule has 27 heavy (non-hydrogen) atoms. The average Bonchev–Trinajstić information content (AvgIpc) is 2.67. The van der Waals surface area contributed by atoms with E-state index in [1.165, 1.54) is 12.8 Å². The Hall–Kier alpha value is -2.60. The summed E-state index contributed by atoms with van der Waals surface area (Å²) in [6.45, 7) is 2.28. The third-order valence-corrected chi connectivity index (χ3v) is 5.62. The van der Waals surface area contributed by atoms with Gasteiger partial charge >= 0.3 is 0 Å². The summed E-state index contributed by atoms with van der Waals surface area (Å²) in [5.74, 6) is 7.35. The van der Waals surface area contributed by atoms with Gasteiger partial charge < -0.3 is 11.2 Å². The van der Waals surface area contributed by atoms with Crippen LogP contribution in [0.4, 0.5) is 5.95 Å². The molecular formula is C20H22ClN5O. The number of anilines is 1. The summed E-state index contributed by atoms with van der Waals surface area (Å²) in [7, 11) is 0. The van der Waals surface area contributed by atoms with Gasteiger partial charge in [-0.15, -0.1) is 0 Å². The summed E-state index contributed by atoms with van der Waals surface area (Å²) in [6.07, 6.45) is 6.30. The summed E-state index contributed by atoms with van der Waals surface area (Å²) >= 11 is 6.25. The topological polar surface area (TPSA) is 85.8 Å². The van der Waals surface area contributed by atoms with E-state index in [1.54, 1.807) is 24.4 Å². The number of nitrogens with zero attached hydrogens (tertiary/aromatic N) is 3. The van der Waals surface area contributed by atoms with Crippen molar-refractivity contribution in [2.24, 2.45) is 5.92 Å². The van der Waals surface area contributed by atoms with Gasteiger partial charge in [0.1, 0.15) is 0 Å². The summed E-state index contributed by atoms with van der Waals surface area (Å²) < 4.78 is 1.07. The van der Waals surface area contributed by atoms with Gasteiger partial charge in [-0.05, 0) is 43.7 Å². The molecule has 1 aliphatic carbocycles. The number of pyridine rings is 1. The maximum atomic E-state index is 12.8. The Morgan fingerprint density at radius 2 is 1.93 bits per heavy atom. The Balaban J connectivity index is 1.71. The molecule has 0 spiro atoms. The molecule has 140 valence electrons. The van der Waals surface area contributed by atoms with Crippen LogP contribution in [0, 0.1) is 5.92 Å². The molecule has 2 heterocycles. The van der Waals surface area contributed by atoms with Crippen LogP contribution >= 0.6 is 11.6 Å². The second-order valence-corrected chi connectivity index (χ2v) is 7.69. The van der Waals surface area contributed by atoms with Gasteiger partial charge in [0.15, 0.2) is 5.65 Å². The maximum absolute atomic E-state index is 12.8. The highest BCUT2D eigenvalue weighted by Crippen LogP contribution is 2.28. The molecule has 1 fully saturated rings. The predicted molar refractivity (Wildman–Crippen MR) is 109 cm³/mol. The van der Waals surface area contributed by atoms with E-state index in [9.17, 15) is 4.79 Å². The number of nitrogen functional groups attached to an aromatic ring is 1. The lowest BCUT2D eigenvalue weighted by Crippen LogP contribution is -2.30. The summed E-state index contributed by atoms with van der Waals surface area (Å²) in [5, 5.41) is 4.57. The van der Waals surface area contributed by atoms with Crippen molar-refractivity contribution in [1.82, 2.24) is 14.6 Å². The van der Waals surface area contributed by atoms with Gasteiger partial charge in [0.2, 0.25) is 5.95 Å². The molecule has 0 radical (unpaired) electrons. The van der Waals surface area contributed by atoms with Crippen molar-refractivity contribution in [1.29, 1.82) is 0 Å². The van der Waals surface area contributed by atoms with Crippen LogP contribution in [0.15, 0.2) is 41.3 Å². The molecule has 2 aromatic heterocycles. The fourth-order valence-corrected chi connectivity index (χ4v) is 3.89. The highest BCUT2D eigenvalue weighted by atomic mass is 35.5. The van der Waals surface area contributed by atoms with E-state index >= 15 is 0 Å². The Labute approximate surface area is 162 Å². The zero-order valence-electron chi connectivity index (χ0n) is 15.2. The molecule has 1 aliphatic rings. The molecule has 0 aliphatic heterocycles. The second-order valence-electron chi connectivity index (χ2n) is 7.29. The third kappa shape index (κ3) is 3.49. The number of rotatable bonds is 3. The van der Waals surface area contributed by atoms with Crippen LogP contribution in [-0.4, -0.2) is 20.7 Å². The predicted octanol–water partition coefficient (Wildman–Crippen LogP) is 3.82. The van der Waals surface area contributed by atoms with Crippen LogP contribution in [-0.2, 0) is 0 Å². The minimum atomic E-state index is -0.341. The van der Waals surface area contributed by atoms with E-state index in [0.29, 0.717) is 39.2 Å². The molecule has 3 aromatic rings. The lowest BCUT2D eigenvalue weighted by molar-refractivity contribution is 0.360. The van der Waals surface area contributed by atoms with Crippen LogP contribution in [0.3, 0.4) is 0 Å². The SMILES string of the molecule is CC1CCC(Nc2ncc3cc(-c4ccccc4Cl)c(=O)n(N)c3n2)CC1. The van der Waals surface area contributed by atoms with Crippen LogP contribution in [0.5, 0.6) is 0 Å². The number of nitrogens with two attached hydrogens (primary N) is 1. The molecule has 1 aromatic carbocycles. The largest absolute Gasteiger partial charge is 0.351 e. The van der Waals surface area contributed by atoms with Gasteiger partial charge in [-0.2, -0.15) is 4.98 Å². The maximum Gasteiger partial charge on any atom is 0.278 e. The molecule has 1 saturated carbocycles.